The molecule has 0 atom stereocenters. The van der Waals surface area contributed by atoms with Crippen LogP contribution in [0.2, 0.25) is 0 Å². The minimum absolute atomic E-state index is 0.00210. The van der Waals surface area contributed by atoms with Crippen LogP contribution in [0.5, 0.6) is 11.8 Å². The van der Waals surface area contributed by atoms with Crippen molar-refractivity contribution in [1.82, 2.24) is 15.0 Å². The zero-order chi connectivity index (χ0) is 34.6. The van der Waals surface area contributed by atoms with Gasteiger partial charge < -0.3 is 30.5 Å². The van der Waals surface area contributed by atoms with Crippen LogP contribution in [0.4, 0.5) is 34.6 Å². The Kier molecular flexibility index (Phi) is 9.35. The molecule has 5 rings (SSSR count). The number of phenolic OH excluding ortho intramolecular Hbond substituents is 1. The topological polar surface area (TPSA) is 302 Å². The highest BCUT2D eigenvalue weighted by atomic mass is 32.2. The maximum atomic E-state index is 12.6. The Balaban J connectivity index is 1.63. The van der Waals surface area contributed by atoms with Crippen LogP contribution in [0.15, 0.2) is 81.9 Å². The lowest BCUT2D eigenvalue weighted by Gasteiger charge is -2.15. The molecule has 0 saturated carbocycles. The van der Waals surface area contributed by atoms with Crippen molar-refractivity contribution in [3.05, 3.63) is 83.4 Å². The van der Waals surface area contributed by atoms with Crippen LogP contribution in [-0.2, 0) is 24.1 Å². The summed E-state index contributed by atoms with van der Waals surface area (Å²) in [6, 6.07) is 15.1. The van der Waals surface area contributed by atoms with E-state index in [2.05, 4.69) is 49.8 Å². The van der Waals surface area contributed by atoms with Gasteiger partial charge in [0.2, 0.25) is 11.9 Å². The van der Waals surface area contributed by atoms with Crippen molar-refractivity contribution in [2.75, 3.05) is 10.6 Å². The molecule has 0 bridgehead atoms. The first-order valence-electron chi connectivity index (χ1n) is 13.3. The normalized spacial score (nSPS) is 11.4. The number of fused-ring (bicyclic) bond motifs is 1. The van der Waals surface area contributed by atoms with Gasteiger partial charge in [-0.1, -0.05) is 24.3 Å². The van der Waals surface area contributed by atoms with Gasteiger partial charge in [0.1, 0.15) is 11.4 Å². The number of phenols is 1. The smallest absolute Gasteiger partial charge is 0.358 e. The molecule has 1 aromatic heterocycles. The van der Waals surface area contributed by atoms with Crippen molar-refractivity contribution in [1.29, 1.82) is 0 Å². The fourth-order valence-electron chi connectivity index (χ4n) is 4.50. The SMILES string of the molecule is Cc1cc2cc(S(=O)(=O)ON)cc(Nc3nc(O)nc(Nc4ccccc4C(=O)ON)n3)c2c(O)c1N=Nc1ccccc1C(=O)ON. The summed E-state index contributed by atoms with van der Waals surface area (Å²) >= 11 is 0. The number of rotatable bonds is 10. The van der Waals surface area contributed by atoms with Crippen LogP contribution in [-0.4, -0.2) is 45.5 Å². The average molecular weight is 677 g/mol. The van der Waals surface area contributed by atoms with Crippen molar-refractivity contribution in [2.45, 2.75) is 11.8 Å². The fraction of sp³-hybridized carbons (Fsp3) is 0.0357. The number of aromatic hydroxyl groups is 2. The number of nitrogens with one attached hydrogen (secondary N) is 2. The van der Waals surface area contributed by atoms with Crippen LogP contribution in [0.1, 0.15) is 26.3 Å². The van der Waals surface area contributed by atoms with Crippen LogP contribution in [0, 0.1) is 6.92 Å². The lowest BCUT2D eigenvalue weighted by atomic mass is 10.0. The molecule has 1 heterocycles. The van der Waals surface area contributed by atoms with Crippen molar-refractivity contribution < 1.29 is 42.2 Å². The standard InChI is InChI=1S/C28H24N10O9S/c1-13-10-14-11-15(48(43,44)47-31)12-20(21(14)23(39)22(13)38-37-19-9-5-3-7-17(19)25(41)46-30)33-27-34-26(35-28(42)36-27)32-18-8-4-2-6-16(18)24(40)45-29/h2-12,39H,29-31H2,1H3,(H3,32,33,34,35,36,42). The molecular formula is C28H24N10O9S. The fourth-order valence-corrected chi connectivity index (χ4v) is 5.14. The molecule has 5 aromatic rings. The van der Waals surface area contributed by atoms with E-state index < -0.39 is 38.7 Å². The molecule has 19 nitrogen and oxygen atoms in total. The number of hydrogen-bond donors (Lipinski definition) is 7. The second kappa shape index (κ2) is 13.6. The molecule has 246 valence electrons. The van der Waals surface area contributed by atoms with E-state index in [4.69, 9.17) is 17.7 Å². The van der Waals surface area contributed by atoms with Crippen LogP contribution < -0.4 is 28.3 Å². The van der Waals surface area contributed by atoms with Gasteiger partial charge in [-0.2, -0.15) is 45.3 Å². The molecule has 48 heavy (non-hydrogen) atoms. The predicted octanol–water partition coefficient (Wildman–Crippen LogP) is 3.29. The summed E-state index contributed by atoms with van der Waals surface area (Å²) in [5.41, 5.74) is 0.424. The van der Waals surface area contributed by atoms with E-state index in [0.717, 1.165) is 6.07 Å². The van der Waals surface area contributed by atoms with Crippen molar-refractivity contribution >= 4 is 67.5 Å². The van der Waals surface area contributed by atoms with Gasteiger partial charge >= 0.3 is 28.1 Å². The molecular weight excluding hydrogens is 652 g/mol. The molecule has 0 aliphatic heterocycles. The molecule has 0 radical (unpaired) electrons. The number of anilines is 4. The molecule has 0 aliphatic rings. The second-order valence-electron chi connectivity index (χ2n) is 9.62. The largest absolute Gasteiger partial charge is 0.505 e. The molecule has 0 fully saturated rings. The molecule has 0 unspecified atom stereocenters. The molecule has 4 aromatic carbocycles. The van der Waals surface area contributed by atoms with Gasteiger partial charge in [0.25, 0.3) is 0 Å². The number of aryl methyl sites for hydroxylation is 1. The third-order valence-corrected chi connectivity index (χ3v) is 7.69. The molecule has 0 spiro atoms. The van der Waals surface area contributed by atoms with Crippen molar-refractivity contribution in [3.8, 4) is 11.8 Å². The van der Waals surface area contributed by atoms with Crippen molar-refractivity contribution in [2.24, 2.45) is 27.9 Å². The first kappa shape index (κ1) is 33.1. The van der Waals surface area contributed by atoms with Gasteiger partial charge in [-0.3, -0.25) is 0 Å². The number of aromatic nitrogens is 3. The van der Waals surface area contributed by atoms with Gasteiger partial charge in [-0.25, -0.2) is 9.59 Å². The second-order valence-corrected chi connectivity index (χ2v) is 11.2. The molecule has 0 amide bonds. The van der Waals surface area contributed by atoms with Crippen LogP contribution in [0.25, 0.3) is 10.8 Å². The number of carbonyl (C=O) groups excluding carboxylic acids is 2. The summed E-state index contributed by atoms with van der Waals surface area (Å²) in [5, 5.41) is 35.7. The van der Waals surface area contributed by atoms with Gasteiger partial charge in [-0.05, 0) is 60.3 Å². The number of nitrogens with two attached hydrogens (primary N) is 3. The lowest BCUT2D eigenvalue weighted by Crippen LogP contribution is -2.13. The summed E-state index contributed by atoms with van der Waals surface area (Å²) in [7, 11) is -4.48. The van der Waals surface area contributed by atoms with Gasteiger partial charge in [0, 0.05) is 5.39 Å². The van der Waals surface area contributed by atoms with Crippen LogP contribution in [0.3, 0.4) is 0 Å². The Morgan fingerprint density at radius 3 is 2.06 bits per heavy atom. The Morgan fingerprint density at radius 2 is 1.40 bits per heavy atom. The van der Waals surface area contributed by atoms with E-state index in [1.807, 2.05) is 0 Å². The minimum atomic E-state index is -4.48. The van der Waals surface area contributed by atoms with E-state index in [-0.39, 0.29) is 56.5 Å². The summed E-state index contributed by atoms with van der Waals surface area (Å²) in [6.45, 7) is 1.57. The Morgan fingerprint density at radius 1 is 0.792 bits per heavy atom. The summed E-state index contributed by atoms with van der Waals surface area (Å²) in [4.78, 5) is 44.2. The number of para-hydroxylation sites is 1. The number of benzene rings is 4. The minimum Gasteiger partial charge on any atom is -0.505 e. The maximum absolute atomic E-state index is 12.6. The van der Waals surface area contributed by atoms with Gasteiger partial charge in [-0.15, -0.1) is 10.2 Å². The van der Waals surface area contributed by atoms with Crippen LogP contribution >= 0.6 is 0 Å². The van der Waals surface area contributed by atoms with Crippen molar-refractivity contribution in [3.63, 3.8) is 0 Å². The molecule has 0 saturated heterocycles. The molecule has 20 heteroatoms. The highest BCUT2D eigenvalue weighted by Crippen LogP contribution is 2.44. The number of hydrogen-bond acceptors (Lipinski definition) is 19. The highest BCUT2D eigenvalue weighted by Gasteiger charge is 2.22. The zero-order valence-corrected chi connectivity index (χ0v) is 25.3. The molecule has 10 N–H and O–H groups in total. The first-order valence-corrected chi connectivity index (χ1v) is 14.7. The van der Waals surface area contributed by atoms with E-state index >= 15 is 0 Å². The highest BCUT2D eigenvalue weighted by molar-refractivity contribution is 7.86. The van der Waals surface area contributed by atoms with Gasteiger partial charge in [0.15, 0.2) is 5.75 Å². The van der Waals surface area contributed by atoms with E-state index in [0.29, 0.717) is 5.56 Å². The number of carbonyl (C=O) groups is 2. The van der Waals surface area contributed by atoms with E-state index in [1.54, 1.807) is 31.2 Å². The molecule has 0 aliphatic carbocycles. The Labute approximate surface area is 270 Å². The monoisotopic (exact) mass is 676 g/mol. The Hall–Kier alpha value is -6.32. The van der Waals surface area contributed by atoms with Gasteiger partial charge in [0.05, 0.1) is 27.4 Å². The first-order chi connectivity index (χ1) is 22.9. The Bertz CT molecular complexity index is 2210. The third-order valence-electron chi connectivity index (χ3n) is 6.62. The number of azo groups is 1. The maximum Gasteiger partial charge on any atom is 0.358 e. The number of nitrogens with zero attached hydrogens (tertiary/aromatic N) is 5. The van der Waals surface area contributed by atoms with E-state index in [1.165, 1.54) is 36.4 Å². The summed E-state index contributed by atoms with van der Waals surface area (Å²) in [6.07, 6.45) is 0. The third kappa shape index (κ3) is 6.76. The van der Waals surface area contributed by atoms with E-state index in [9.17, 15) is 28.2 Å². The quantitative estimate of drug-likeness (QED) is 0.0824. The lowest BCUT2D eigenvalue weighted by molar-refractivity contribution is 0.0496. The zero-order valence-electron chi connectivity index (χ0n) is 24.5. The predicted molar refractivity (Wildman–Crippen MR) is 167 cm³/mol. The average Bonchev–Trinajstić information content (AvgIpc) is 3.07. The summed E-state index contributed by atoms with van der Waals surface area (Å²) in [5.74, 6) is 12.2. The summed E-state index contributed by atoms with van der Waals surface area (Å²) < 4.78 is 29.4.